The molecule has 0 spiro atoms. The first kappa shape index (κ1) is 12.5. The van der Waals surface area contributed by atoms with E-state index in [0.29, 0.717) is 12.6 Å². The highest BCUT2D eigenvalue weighted by Gasteiger charge is 2.19. The van der Waals surface area contributed by atoms with Gasteiger partial charge in [0, 0.05) is 12.6 Å². The van der Waals surface area contributed by atoms with Gasteiger partial charge in [-0.05, 0) is 39.4 Å². The lowest BCUT2D eigenvalue weighted by molar-refractivity contribution is -0.122. The van der Waals surface area contributed by atoms with Crippen molar-refractivity contribution in [1.82, 2.24) is 15.5 Å². The largest absolute Gasteiger partial charge is 0.355 e. The first-order valence-electron chi connectivity index (χ1n) is 5.91. The third-order valence-electron chi connectivity index (χ3n) is 2.90. The molecular weight excluding hydrogens is 190 g/mol. The summed E-state index contributed by atoms with van der Waals surface area (Å²) in [5.41, 5.74) is 0. The average Bonchev–Trinajstić information content (AvgIpc) is 2.27. The molecule has 0 aromatic rings. The Hall–Kier alpha value is -0.610. The molecule has 4 heteroatoms. The molecule has 4 nitrogen and oxygen atoms in total. The van der Waals surface area contributed by atoms with Crippen LogP contribution in [0.4, 0.5) is 0 Å². The fourth-order valence-corrected chi connectivity index (χ4v) is 1.92. The van der Waals surface area contributed by atoms with Gasteiger partial charge in [-0.25, -0.2) is 0 Å². The topological polar surface area (TPSA) is 44.4 Å². The highest BCUT2D eigenvalue weighted by molar-refractivity contribution is 5.77. The minimum Gasteiger partial charge on any atom is -0.355 e. The van der Waals surface area contributed by atoms with Gasteiger partial charge in [-0.1, -0.05) is 6.92 Å². The van der Waals surface area contributed by atoms with Gasteiger partial charge in [0.2, 0.25) is 5.91 Å². The molecule has 15 heavy (non-hydrogen) atoms. The smallest absolute Gasteiger partial charge is 0.234 e. The second-order valence-electron chi connectivity index (χ2n) is 4.25. The predicted molar refractivity (Wildman–Crippen MR) is 61.8 cm³/mol. The second kappa shape index (κ2) is 6.80. The number of hydrogen-bond donors (Lipinski definition) is 2. The van der Waals surface area contributed by atoms with Crippen molar-refractivity contribution in [3.05, 3.63) is 0 Å². The van der Waals surface area contributed by atoms with E-state index in [9.17, 15) is 4.79 Å². The maximum Gasteiger partial charge on any atom is 0.234 e. The number of amides is 1. The molecule has 0 aliphatic carbocycles. The lowest BCUT2D eigenvalue weighted by Crippen LogP contribution is -2.45. The fraction of sp³-hybridized carbons (Fsp3) is 0.909. The van der Waals surface area contributed by atoms with Gasteiger partial charge in [0.25, 0.3) is 0 Å². The van der Waals surface area contributed by atoms with Gasteiger partial charge >= 0.3 is 0 Å². The first-order valence-corrected chi connectivity index (χ1v) is 5.91. The average molecular weight is 213 g/mol. The SMILES string of the molecule is CCCNC(=O)CN(C)C1CCNCC1. The molecule has 2 N–H and O–H groups in total. The number of nitrogens with one attached hydrogen (secondary N) is 2. The molecule has 1 heterocycles. The van der Waals surface area contributed by atoms with E-state index in [4.69, 9.17) is 0 Å². The summed E-state index contributed by atoms with van der Waals surface area (Å²) in [6.45, 7) is 5.54. The third-order valence-corrected chi connectivity index (χ3v) is 2.90. The zero-order valence-electron chi connectivity index (χ0n) is 9.88. The van der Waals surface area contributed by atoms with E-state index >= 15 is 0 Å². The maximum atomic E-state index is 11.5. The number of nitrogens with zero attached hydrogens (tertiary/aromatic N) is 1. The van der Waals surface area contributed by atoms with E-state index in [2.05, 4.69) is 22.5 Å². The minimum absolute atomic E-state index is 0.151. The Balaban J connectivity index is 2.21. The van der Waals surface area contributed by atoms with E-state index in [1.807, 2.05) is 7.05 Å². The van der Waals surface area contributed by atoms with Crippen LogP contribution in [0.15, 0.2) is 0 Å². The molecule has 1 aliphatic heterocycles. The highest BCUT2D eigenvalue weighted by Crippen LogP contribution is 2.08. The summed E-state index contributed by atoms with van der Waals surface area (Å²) in [6, 6.07) is 0.568. The summed E-state index contributed by atoms with van der Waals surface area (Å²) in [5.74, 6) is 0.151. The monoisotopic (exact) mass is 213 g/mol. The normalized spacial score (nSPS) is 18.1. The lowest BCUT2D eigenvalue weighted by Gasteiger charge is -2.31. The van der Waals surface area contributed by atoms with Gasteiger partial charge in [-0.3, -0.25) is 9.69 Å². The summed E-state index contributed by atoms with van der Waals surface area (Å²) in [6.07, 6.45) is 3.30. The number of likely N-dealkylation sites (N-methyl/N-ethyl adjacent to an activating group) is 1. The molecule has 1 amide bonds. The van der Waals surface area contributed by atoms with Crippen LogP contribution in [0.2, 0.25) is 0 Å². The van der Waals surface area contributed by atoms with Crippen LogP contribution in [0.25, 0.3) is 0 Å². The quantitative estimate of drug-likeness (QED) is 0.685. The lowest BCUT2D eigenvalue weighted by atomic mass is 10.1. The predicted octanol–water partition coefficient (Wildman–Crippen LogP) is 0.196. The van der Waals surface area contributed by atoms with Crippen molar-refractivity contribution < 1.29 is 4.79 Å². The Morgan fingerprint density at radius 1 is 1.47 bits per heavy atom. The Morgan fingerprint density at radius 2 is 2.13 bits per heavy atom. The molecule has 0 unspecified atom stereocenters. The number of rotatable bonds is 5. The summed E-state index contributed by atoms with van der Waals surface area (Å²) >= 11 is 0. The molecule has 88 valence electrons. The Kier molecular flexibility index (Phi) is 5.65. The van der Waals surface area contributed by atoms with Gasteiger partial charge in [-0.15, -0.1) is 0 Å². The zero-order chi connectivity index (χ0) is 11.1. The maximum absolute atomic E-state index is 11.5. The fourth-order valence-electron chi connectivity index (χ4n) is 1.92. The van der Waals surface area contributed by atoms with Crippen LogP contribution < -0.4 is 10.6 Å². The van der Waals surface area contributed by atoms with E-state index < -0.39 is 0 Å². The molecule has 0 atom stereocenters. The molecular formula is C11H23N3O. The van der Waals surface area contributed by atoms with E-state index in [-0.39, 0.29) is 5.91 Å². The summed E-state index contributed by atoms with van der Waals surface area (Å²) in [5, 5.41) is 6.24. The molecule has 1 fully saturated rings. The van der Waals surface area contributed by atoms with Gasteiger partial charge in [0.1, 0.15) is 0 Å². The van der Waals surface area contributed by atoms with Crippen LogP contribution >= 0.6 is 0 Å². The Labute approximate surface area is 92.4 Å². The van der Waals surface area contributed by atoms with Crippen LogP contribution in [-0.4, -0.2) is 50.1 Å². The van der Waals surface area contributed by atoms with Gasteiger partial charge < -0.3 is 10.6 Å². The molecule has 1 aliphatic rings. The van der Waals surface area contributed by atoms with Crippen LogP contribution in [0.3, 0.4) is 0 Å². The van der Waals surface area contributed by atoms with Crippen molar-refractivity contribution in [2.45, 2.75) is 32.2 Å². The number of carbonyl (C=O) groups is 1. The minimum atomic E-state index is 0.151. The zero-order valence-corrected chi connectivity index (χ0v) is 9.88. The highest BCUT2D eigenvalue weighted by atomic mass is 16.2. The second-order valence-corrected chi connectivity index (χ2v) is 4.25. The summed E-state index contributed by atoms with van der Waals surface area (Å²) < 4.78 is 0. The summed E-state index contributed by atoms with van der Waals surface area (Å²) in [7, 11) is 2.04. The molecule has 0 radical (unpaired) electrons. The molecule has 0 aromatic carbocycles. The molecule has 1 saturated heterocycles. The van der Waals surface area contributed by atoms with Crippen LogP contribution in [0, 0.1) is 0 Å². The summed E-state index contributed by atoms with van der Waals surface area (Å²) in [4.78, 5) is 13.7. The number of carbonyl (C=O) groups excluding carboxylic acids is 1. The van der Waals surface area contributed by atoms with Crippen molar-refractivity contribution in [3.63, 3.8) is 0 Å². The van der Waals surface area contributed by atoms with E-state index in [0.717, 1.165) is 38.9 Å². The molecule has 0 saturated carbocycles. The van der Waals surface area contributed by atoms with Crippen LogP contribution in [0.5, 0.6) is 0 Å². The molecule has 0 aromatic heterocycles. The van der Waals surface area contributed by atoms with Gasteiger partial charge in [0.05, 0.1) is 6.54 Å². The Morgan fingerprint density at radius 3 is 2.73 bits per heavy atom. The number of hydrogen-bond acceptors (Lipinski definition) is 3. The van der Waals surface area contributed by atoms with Crippen molar-refractivity contribution in [2.24, 2.45) is 0 Å². The standard InChI is InChI=1S/C11H23N3O/c1-3-6-13-11(15)9-14(2)10-4-7-12-8-5-10/h10,12H,3-9H2,1-2H3,(H,13,15). The van der Waals surface area contributed by atoms with Crippen LogP contribution in [0.1, 0.15) is 26.2 Å². The van der Waals surface area contributed by atoms with E-state index in [1.165, 1.54) is 0 Å². The van der Waals surface area contributed by atoms with Crippen LogP contribution in [-0.2, 0) is 4.79 Å². The van der Waals surface area contributed by atoms with E-state index in [1.54, 1.807) is 0 Å². The van der Waals surface area contributed by atoms with Gasteiger partial charge in [0.15, 0.2) is 0 Å². The molecule has 0 bridgehead atoms. The molecule has 1 rings (SSSR count). The van der Waals surface area contributed by atoms with Crippen molar-refractivity contribution in [1.29, 1.82) is 0 Å². The van der Waals surface area contributed by atoms with Gasteiger partial charge in [-0.2, -0.15) is 0 Å². The third kappa shape index (κ3) is 4.62. The first-order chi connectivity index (χ1) is 7.24. The van der Waals surface area contributed by atoms with Crippen molar-refractivity contribution in [2.75, 3.05) is 33.2 Å². The van der Waals surface area contributed by atoms with Crippen molar-refractivity contribution >= 4 is 5.91 Å². The van der Waals surface area contributed by atoms with Crippen molar-refractivity contribution in [3.8, 4) is 0 Å². The Bertz CT molecular complexity index is 190. The number of piperidine rings is 1.